The zero-order chi connectivity index (χ0) is 17.9. The highest BCUT2D eigenvalue weighted by Crippen LogP contribution is 2.26. The summed E-state index contributed by atoms with van der Waals surface area (Å²) >= 11 is 0. The fraction of sp³-hybridized carbons (Fsp3) is 0.524. The van der Waals surface area contributed by atoms with Gasteiger partial charge in [0, 0.05) is 47.7 Å². The van der Waals surface area contributed by atoms with Crippen LogP contribution in [0.1, 0.15) is 55.3 Å². The van der Waals surface area contributed by atoms with Crippen molar-refractivity contribution in [2.75, 3.05) is 13.1 Å². The summed E-state index contributed by atoms with van der Waals surface area (Å²) in [5.41, 5.74) is 1.78. The fourth-order valence-corrected chi connectivity index (χ4v) is 4.35. The number of urea groups is 1. The molecule has 1 aliphatic heterocycles. The highest BCUT2D eigenvalue weighted by atomic mass is 16.2. The van der Waals surface area contributed by atoms with Crippen molar-refractivity contribution in [3.63, 3.8) is 0 Å². The first kappa shape index (κ1) is 17.1. The minimum atomic E-state index is 0.00735. The monoisotopic (exact) mass is 353 g/mol. The summed E-state index contributed by atoms with van der Waals surface area (Å²) < 4.78 is 0. The topological polar surface area (TPSA) is 65.2 Å². The highest BCUT2D eigenvalue weighted by Gasteiger charge is 2.30. The molecule has 1 saturated carbocycles. The minimum Gasteiger partial charge on any atom is -0.360 e. The summed E-state index contributed by atoms with van der Waals surface area (Å²) in [5, 5.41) is 4.18. The van der Waals surface area contributed by atoms with Crippen LogP contribution in [0.2, 0.25) is 0 Å². The van der Waals surface area contributed by atoms with Gasteiger partial charge in [0.05, 0.1) is 0 Å². The Hall–Kier alpha value is -2.30. The molecule has 1 aromatic carbocycles. The van der Waals surface area contributed by atoms with E-state index in [9.17, 15) is 9.59 Å². The number of ketones is 1. The van der Waals surface area contributed by atoms with Crippen LogP contribution in [0.25, 0.3) is 10.9 Å². The molecular formula is C21H27N3O2. The average Bonchev–Trinajstić information content (AvgIpc) is 3.12. The summed E-state index contributed by atoms with van der Waals surface area (Å²) in [4.78, 5) is 30.5. The van der Waals surface area contributed by atoms with E-state index < -0.39 is 0 Å². The normalized spacial score (nSPS) is 19.6. The number of hydrogen-bond donors (Lipinski definition) is 2. The lowest BCUT2D eigenvalue weighted by molar-refractivity contribution is 0.0854. The van der Waals surface area contributed by atoms with Crippen LogP contribution in [-0.4, -0.2) is 40.8 Å². The van der Waals surface area contributed by atoms with E-state index >= 15 is 0 Å². The smallest absolute Gasteiger partial charge is 0.317 e. The number of nitrogens with one attached hydrogen (secondary N) is 2. The van der Waals surface area contributed by atoms with E-state index in [0.29, 0.717) is 19.1 Å². The zero-order valence-corrected chi connectivity index (χ0v) is 15.2. The molecule has 2 fully saturated rings. The van der Waals surface area contributed by atoms with Crippen LogP contribution < -0.4 is 5.32 Å². The first-order valence-corrected chi connectivity index (χ1v) is 9.88. The van der Waals surface area contributed by atoms with Crippen LogP contribution in [0.4, 0.5) is 4.79 Å². The predicted octanol–water partition coefficient (Wildman–Crippen LogP) is 4.10. The molecule has 0 atom stereocenters. The van der Waals surface area contributed by atoms with Crippen LogP contribution in [-0.2, 0) is 0 Å². The van der Waals surface area contributed by atoms with Gasteiger partial charge in [-0.25, -0.2) is 4.79 Å². The van der Waals surface area contributed by atoms with Gasteiger partial charge in [-0.3, -0.25) is 4.79 Å². The lowest BCUT2D eigenvalue weighted by atomic mass is 9.89. The number of piperidine rings is 1. The molecule has 1 aliphatic carbocycles. The molecule has 5 nitrogen and oxygen atoms in total. The van der Waals surface area contributed by atoms with Gasteiger partial charge in [-0.1, -0.05) is 37.5 Å². The number of rotatable bonds is 3. The van der Waals surface area contributed by atoms with Crippen molar-refractivity contribution in [1.29, 1.82) is 0 Å². The van der Waals surface area contributed by atoms with Crippen molar-refractivity contribution in [3.05, 3.63) is 36.0 Å². The largest absolute Gasteiger partial charge is 0.360 e. The Bertz CT molecular complexity index is 783. The van der Waals surface area contributed by atoms with Gasteiger partial charge in [-0.2, -0.15) is 0 Å². The molecule has 26 heavy (non-hydrogen) atoms. The van der Waals surface area contributed by atoms with Crippen molar-refractivity contribution in [2.45, 2.75) is 51.0 Å². The van der Waals surface area contributed by atoms with Gasteiger partial charge in [-0.05, 0) is 31.7 Å². The average molecular weight is 353 g/mol. The second-order valence-electron chi connectivity index (χ2n) is 7.66. The van der Waals surface area contributed by atoms with Gasteiger partial charge in [0.15, 0.2) is 5.78 Å². The molecule has 2 aliphatic rings. The van der Waals surface area contributed by atoms with Gasteiger partial charge >= 0.3 is 6.03 Å². The van der Waals surface area contributed by atoms with Gasteiger partial charge < -0.3 is 15.2 Å². The summed E-state index contributed by atoms with van der Waals surface area (Å²) in [6, 6.07) is 8.30. The summed E-state index contributed by atoms with van der Waals surface area (Å²) in [5.74, 6) is 0.211. The fourth-order valence-electron chi connectivity index (χ4n) is 4.35. The van der Waals surface area contributed by atoms with E-state index in [1.54, 1.807) is 0 Å². The van der Waals surface area contributed by atoms with Gasteiger partial charge in [0.2, 0.25) is 0 Å². The van der Waals surface area contributed by atoms with Crippen molar-refractivity contribution in [2.24, 2.45) is 5.92 Å². The number of aromatic nitrogens is 1. The highest BCUT2D eigenvalue weighted by molar-refractivity contribution is 6.08. The van der Waals surface area contributed by atoms with Crippen LogP contribution in [0, 0.1) is 5.92 Å². The number of fused-ring (bicyclic) bond motifs is 1. The lowest BCUT2D eigenvalue weighted by Gasteiger charge is -2.33. The summed E-state index contributed by atoms with van der Waals surface area (Å²) in [6.07, 6.45) is 9.23. The van der Waals surface area contributed by atoms with E-state index in [2.05, 4.69) is 10.3 Å². The Labute approximate surface area is 154 Å². The molecule has 5 heteroatoms. The third-order valence-electron chi connectivity index (χ3n) is 5.94. The van der Waals surface area contributed by atoms with Crippen LogP contribution in [0.3, 0.4) is 0 Å². The number of benzene rings is 1. The number of carbonyl (C=O) groups is 2. The first-order valence-electron chi connectivity index (χ1n) is 9.88. The molecule has 2 N–H and O–H groups in total. The summed E-state index contributed by atoms with van der Waals surface area (Å²) in [6.45, 7) is 1.33. The Morgan fingerprint density at radius 2 is 1.73 bits per heavy atom. The predicted molar refractivity (Wildman–Crippen MR) is 102 cm³/mol. The standard InChI is InChI=1S/C21H27N3O2/c25-20(18-14-22-19-9-5-4-8-17(18)19)15-10-12-24(13-11-15)21(26)23-16-6-2-1-3-7-16/h4-5,8-9,14-16,22H,1-3,6-7,10-13H2,(H,23,26). The molecule has 2 heterocycles. The molecule has 2 amide bonds. The molecule has 4 rings (SSSR count). The maximum Gasteiger partial charge on any atom is 0.317 e. The molecule has 1 saturated heterocycles. The lowest BCUT2D eigenvalue weighted by Crippen LogP contribution is -2.48. The number of nitrogens with zero attached hydrogens (tertiary/aromatic N) is 1. The van der Waals surface area contributed by atoms with Gasteiger partial charge in [-0.15, -0.1) is 0 Å². The quantitative estimate of drug-likeness (QED) is 0.816. The molecule has 1 aromatic heterocycles. The first-order chi connectivity index (χ1) is 12.7. The van der Waals surface area contributed by atoms with Gasteiger partial charge in [0.1, 0.15) is 0 Å². The molecule has 0 radical (unpaired) electrons. The maximum absolute atomic E-state index is 12.9. The van der Waals surface area contributed by atoms with Crippen molar-refractivity contribution < 1.29 is 9.59 Å². The zero-order valence-electron chi connectivity index (χ0n) is 15.2. The Morgan fingerprint density at radius 3 is 2.50 bits per heavy atom. The third kappa shape index (κ3) is 3.48. The van der Waals surface area contributed by atoms with Crippen molar-refractivity contribution in [1.82, 2.24) is 15.2 Å². The summed E-state index contributed by atoms with van der Waals surface area (Å²) in [7, 11) is 0. The van der Waals surface area contributed by atoms with E-state index in [-0.39, 0.29) is 17.7 Å². The number of likely N-dealkylation sites (tertiary alicyclic amines) is 1. The number of para-hydroxylation sites is 1. The SMILES string of the molecule is O=C(c1c[nH]c2ccccc12)C1CCN(C(=O)NC2CCCCC2)CC1. The van der Waals surface area contributed by atoms with E-state index in [1.165, 1.54) is 19.3 Å². The van der Waals surface area contributed by atoms with Crippen LogP contribution in [0.5, 0.6) is 0 Å². The number of carbonyl (C=O) groups excluding carboxylic acids is 2. The number of aromatic amines is 1. The van der Waals surface area contributed by atoms with E-state index in [1.807, 2.05) is 35.4 Å². The minimum absolute atomic E-state index is 0.00735. The number of H-pyrrole nitrogens is 1. The molecule has 2 aromatic rings. The number of Topliss-reactive ketones (excluding diaryl/α,β-unsaturated/α-hetero) is 1. The van der Waals surface area contributed by atoms with Crippen molar-refractivity contribution >= 4 is 22.7 Å². The van der Waals surface area contributed by atoms with E-state index in [0.717, 1.165) is 42.1 Å². The Kier molecular flexibility index (Phi) is 4.96. The number of hydrogen-bond acceptors (Lipinski definition) is 2. The molecule has 138 valence electrons. The van der Waals surface area contributed by atoms with Crippen molar-refractivity contribution in [3.8, 4) is 0 Å². The molecule has 0 spiro atoms. The Morgan fingerprint density at radius 1 is 1.00 bits per heavy atom. The number of amides is 2. The molecule has 0 unspecified atom stereocenters. The van der Waals surface area contributed by atoms with Gasteiger partial charge in [0.25, 0.3) is 0 Å². The van der Waals surface area contributed by atoms with E-state index in [4.69, 9.17) is 0 Å². The second kappa shape index (κ2) is 7.52. The second-order valence-corrected chi connectivity index (χ2v) is 7.66. The molecular weight excluding hydrogens is 326 g/mol. The Balaban J connectivity index is 1.34. The maximum atomic E-state index is 12.9. The third-order valence-corrected chi connectivity index (χ3v) is 5.94. The van der Waals surface area contributed by atoms with Crippen LogP contribution >= 0.6 is 0 Å². The molecule has 0 bridgehead atoms. The van der Waals surface area contributed by atoms with Crippen LogP contribution in [0.15, 0.2) is 30.5 Å².